The van der Waals surface area contributed by atoms with Gasteiger partial charge in [0.2, 0.25) is 0 Å². The molecule has 35 heavy (non-hydrogen) atoms. The van der Waals surface area contributed by atoms with Gasteiger partial charge in [0.1, 0.15) is 17.2 Å². The van der Waals surface area contributed by atoms with E-state index in [0.29, 0.717) is 22.7 Å². The van der Waals surface area contributed by atoms with Gasteiger partial charge in [0.05, 0.1) is 26.1 Å². The van der Waals surface area contributed by atoms with E-state index < -0.39 is 11.8 Å². The van der Waals surface area contributed by atoms with Gasteiger partial charge in [0, 0.05) is 29.1 Å². The molecule has 1 aromatic heterocycles. The van der Waals surface area contributed by atoms with Crippen LogP contribution in [-0.2, 0) is 9.59 Å². The summed E-state index contributed by atoms with van der Waals surface area (Å²) in [7, 11) is 3.12. The van der Waals surface area contributed by atoms with Gasteiger partial charge in [-0.2, -0.15) is 10.2 Å². The van der Waals surface area contributed by atoms with Crippen molar-refractivity contribution >= 4 is 23.7 Å². The molecule has 0 aliphatic heterocycles. The number of aromatic nitrogens is 2. The summed E-state index contributed by atoms with van der Waals surface area (Å²) in [6, 6.07) is 23.7. The molecule has 0 spiro atoms. The summed E-state index contributed by atoms with van der Waals surface area (Å²) < 4.78 is 12.1. The van der Waals surface area contributed by atoms with Crippen LogP contribution in [0.15, 0.2) is 90.2 Å². The van der Waals surface area contributed by atoms with E-state index in [9.17, 15) is 9.59 Å². The molecule has 0 unspecified atom stereocenters. The van der Waals surface area contributed by atoms with Crippen LogP contribution >= 0.6 is 0 Å². The number of benzene rings is 3. The lowest BCUT2D eigenvalue weighted by Crippen LogP contribution is -2.32. The number of nitrogens with zero attached hydrogens (tertiary/aromatic N) is 3. The molecule has 0 radical (unpaired) electrons. The monoisotopic (exact) mass is 469 g/mol. The topological polar surface area (TPSA) is 107 Å². The molecule has 0 aliphatic carbocycles. The fraction of sp³-hybridized carbons (Fsp3) is 0.0769. The number of methoxy groups -OCH3 is 2. The number of amides is 2. The summed E-state index contributed by atoms with van der Waals surface area (Å²) in [5, 5.41) is 11.2. The largest absolute Gasteiger partial charge is 0.497 e. The van der Waals surface area contributed by atoms with Gasteiger partial charge in [-0.1, -0.05) is 24.3 Å². The Hall–Kier alpha value is -4.92. The van der Waals surface area contributed by atoms with Crippen molar-refractivity contribution in [3.05, 3.63) is 90.6 Å². The Bertz CT molecular complexity index is 1350. The maximum absolute atomic E-state index is 12.2. The summed E-state index contributed by atoms with van der Waals surface area (Å²) >= 11 is 0. The second-order valence-corrected chi connectivity index (χ2v) is 7.33. The standard InChI is InChI=1S/C26H23N5O4/c1-34-22-13-11-18(12-14-22)24-19(17-31(30-24)21-8-4-3-5-9-21)16-27-29-26(33)25(32)28-20-7-6-10-23(15-20)35-2/h3-17H,1-2H3,(H,28,32)(H,29,33)/b27-16+. The van der Waals surface area contributed by atoms with Gasteiger partial charge in [-0.05, 0) is 48.5 Å². The second-order valence-electron chi connectivity index (χ2n) is 7.33. The van der Waals surface area contributed by atoms with E-state index in [4.69, 9.17) is 14.6 Å². The molecule has 2 amide bonds. The van der Waals surface area contributed by atoms with Crippen molar-refractivity contribution in [2.45, 2.75) is 0 Å². The van der Waals surface area contributed by atoms with Crippen molar-refractivity contribution in [1.82, 2.24) is 15.2 Å². The maximum Gasteiger partial charge on any atom is 0.329 e. The summed E-state index contributed by atoms with van der Waals surface area (Å²) in [4.78, 5) is 24.5. The van der Waals surface area contributed by atoms with Crippen LogP contribution in [0.4, 0.5) is 5.69 Å². The van der Waals surface area contributed by atoms with Gasteiger partial charge in [0.15, 0.2) is 0 Å². The number of carbonyl (C=O) groups is 2. The minimum Gasteiger partial charge on any atom is -0.497 e. The van der Waals surface area contributed by atoms with Crippen LogP contribution < -0.4 is 20.2 Å². The fourth-order valence-corrected chi connectivity index (χ4v) is 3.27. The lowest BCUT2D eigenvalue weighted by molar-refractivity contribution is -0.136. The maximum atomic E-state index is 12.2. The molecule has 176 valence electrons. The zero-order valence-electron chi connectivity index (χ0n) is 19.1. The van der Waals surface area contributed by atoms with Gasteiger partial charge < -0.3 is 14.8 Å². The van der Waals surface area contributed by atoms with E-state index in [0.717, 1.165) is 17.0 Å². The minimum atomic E-state index is -0.912. The van der Waals surface area contributed by atoms with E-state index in [2.05, 4.69) is 15.8 Å². The van der Waals surface area contributed by atoms with Crippen LogP contribution in [0.2, 0.25) is 0 Å². The molecule has 2 N–H and O–H groups in total. The van der Waals surface area contributed by atoms with E-state index in [1.54, 1.807) is 42.3 Å². The van der Waals surface area contributed by atoms with E-state index in [1.165, 1.54) is 13.3 Å². The molecule has 9 nitrogen and oxygen atoms in total. The zero-order valence-corrected chi connectivity index (χ0v) is 19.1. The molecule has 4 rings (SSSR count). The highest BCUT2D eigenvalue weighted by Crippen LogP contribution is 2.25. The lowest BCUT2D eigenvalue weighted by Gasteiger charge is -2.05. The number of rotatable bonds is 7. The van der Waals surface area contributed by atoms with Crippen molar-refractivity contribution < 1.29 is 19.1 Å². The van der Waals surface area contributed by atoms with Crippen molar-refractivity contribution in [3.63, 3.8) is 0 Å². The number of para-hydroxylation sites is 1. The highest BCUT2D eigenvalue weighted by molar-refractivity contribution is 6.39. The smallest absolute Gasteiger partial charge is 0.329 e. The number of anilines is 1. The Balaban J connectivity index is 1.52. The van der Waals surface area contributed by atoms with Crippen LogP contribution in [0.3, 0.4) is 0 Å². The normalized spacial score (nSPS) is 10.7. The zero-order chi connectivity index (χ0) is 24.6. The third-order valence-corrected chi connectivity index (χ3v) is 5.03. The second kappa shape index (κ2) is 10.8. The summed E-state index contributed by atoms with van der Waals surface area (Å²) in [6.45, 7) is 0. The van der Waals surface area contributed by atoms with Crippen LogP contribution in [0, 0.1) is 0 Å². The summed E-state index contributed by atoms with van der Waals surface area (Å²) in [5.41, 5.74) is 5.68. The number of hydrogen-bond acceptors (Lipinski definition) is 6. The highest BCUT2D eigenvalue weighted by atomic mass is 16.5. The predicted molar refractivity (Wildman–Crippen MR) is 133 cm³/mol. The van der Waals surface area contributed by atoms with Gasteiger partial charge in [-0.25, -0.2) is 10.1 Å². The number of nitrogens with one attached hydrogen (secondary N) is 2. The molecular weight excluding hydrogens is 446 g/mol. The Morgan fingerprint density at radius 1 is 0.886 bits per heavy atom. The van der Waals surface area contributed by atoms with Gasteiger partial charge >= 0.3 is 11.8 Å². The molecule has 0 bridgehead atoms. The Morgan fingerprint density at radius 3 is 2.34 bits per heavy atom. The van der Waals surface area contributed by atoms with Crippen LogP contribution in [0.5, 0.6) is 11.5 Å². The molecular formula is C26H23N5O4. The van der Waals surface area contributed by atoms with Crippen molar-refractivity contribution in [1.29, 1.82) is 0 Å². The quantitative estimate of drug-likeness (QED) is 0.244. The minimum absolute atomic E-state index is 0.430. The van der Waals surface area contributed by atoms with Crippen LogP contribution in [0.1, 0.15) is 5.56 Å². The molecule has 0 aliphatic rings. The van der Waals surface area contributed by atoms with Crippen LogP contribution in [-0.4, -0.2) is 42.0 Å². The first-order valence-electron chi connectivity index (χ1n) is 10.7. The number of ether oxygens (including phenoxy) is 2. The first kappa shape index (κ1) is 23.2. The Morgan fingerprint density at radius 2 is 1.63 bits per heavy atom. The van der Waals surface area contributed by atoms with Crippen molar-refractivity contribution in [3.8, 4) is 28.4 Å². The first-order valence-corrected chi connectivity index (χ1v) is 10.7. The molecule has 9 heteroatoms. The van der Waals surface area contributed by atoms with Gasteiger partial charge in [-0.15, -0.1) is 0 Å². The number of hydrogen-bond donors (Lipinski definition) is 2. The molecule has 0 saturated heterocycles. The molecule has 0 saturated carbocycles. The van der Waals surface area contributed by atoms with E-state index >= 15 is 0 Å². The highest BCUT2D eigenvalue weighted by Gasteiger charge is 2.15. The van der Waals surface area contributed by atoms with Crippen LogP contribution in [0.25, 0.3) is 16.9 Å². The van der Waals surface area contributed by atoms with E-state index in [1.807, 2.05) is 54.6 Å². The third kappa shape index (κ3) is 5.72. The molecule has 0 fully saturated rings. The molecule has 1 heterocycles. The average molecular weight is 470 g/mol. The fourth-order valence-electron chi connectivity index (χ4n) is 3.27. The van der Waals surface area contributed by atoms with Crippen molar-refractivity contribution in [2.75, 3.05) is 19.5 Å². The van der Waals surface area contributed by atoms with Gasteiger partial charge in [0.25, 0.3) is 0 Å². The summed E-state index contributed by atoms with van der Waals surface area (Å²) in [5.74, 6) is -0.486. The first-order chi connectivity index (χ1) is 17.1. The average Bonchev–Trinajstić information content (AvgIpc) is 3.33. The Kier molecular flexibility index (Phi) is 7.17. The molecule has 0 atom stereocenters. The predicted octanol–water partition coefficient (Wildman–Crippen LogP) is 3.65. The van der Waals surface area contributed by atoms with E-state index in [-0.39, 0.29) is 0 Å². The third-order valence-electron chi connectivity index (χ3n) is 5.03. The van der Waals surface area contributed by atoms with Crippen molar-refractivity contribution in [2.24, 2.45) is 5.10 Å². The molecule has 3 aromatic carbocycles. The van der Waals surface area contributed by atoms with Gasteiger partial charge in [-0.3, -0.25) is 9.59 Å². The molecule has 4 aromatic rings. The summed E-state index contributed by atoms with van der Waals surface area (Å²) in [6.07, 6.45) is 3.24. The lowest BCUT2D eigenvalue weighted by atomic mass is 10.1. The number of hydrazone groups is 1. The SMILES string of the molecule is COc1ccc(-c2nn(-c3ccccc3)cc2/C=N/NC(=O)C(=O)Nc2cccc(OC)c2)cc1. The number of carbonyl (C=O) groups excluding carboxylic acids is 2. The Labute approximate surface area is 202 Å².